The Balaban J connectivity index is 1.36. The number of carbonyl (C=O) groups is 2. The molecule has 1 heterocycles. The second-order valence-corrected chi connectivity index (χ2v) is 9.66. The Kier molecular flexibility index (Phi) is 9.28. The summed E-state index contributed by atoms with van der Waals surface area (Å²) >= 11 is 0. The SMILES string of the molecule is CCOC(=O)N[C@@H](CCCCN)C(O)(O)c1noc(Cc2ccc(C(=O)NC3Cc4ccccc4C3)cc2)n1. The minimum absolute atomic E-state index is 0.0704. The van der Waals surface area contributed by atoms with Crippen LogP contribution in [0.25, 0.3) is 0 Å². The molecule has 0 unspecified atom stereocenters. The molecule has 0 aliphatic heterocycles. The molecule has 0 radical (unpaired) electrons. The number of amides is 2. The highest BCUT2D eigenvalue weighted by molar-refractivity contribution is 5.94. The number of alkyl carbamates (subject to hydrolysis) is 1. The standard InChI is InChI=1S/C28H35N5O6/c1-2-38-27(35)31-23(9-5-6-14-29)28(36,37)26-32-24(39-33-26)15-18-10-12-19(13-11-18)25(34)30-22-16-20-7-3-4-8-21(20)17-22/h3-4,7-8,10-13,22-23,36-37H,2,5-6,9,14-17,29H2,1H3,(H,30,34)(H,31,35)/t23-/m0/s1. The molecule has 3 aromatic rings. The molecule has 1 aliphatic carbocycles. The van der Waals surface area contributed by atoms with Gasteiger partial charge in [-0.05, 0) is 74.4 Å². The maximum absolute atomic E-state index is 12.8. The molecule has 0 saturated carbocycles. The lowest BCUT2D eigenvalue weighted by molar-refractivity contribution is -0.199. The van der Waals surface area contributed by atoms with Crippen molar-refractivity contribution < 1.29 is 29.1 Å². The quantitative estimate of drug-likeness (QED) is 0.171. The molecule has 1 aliphatic rings. The first-order valence-electron chi connectivity index (χ1n) is 13.2. The Morgan fingerprint density at radius 2 is 1.82 bits per heavy atom. The van der Waals surface area contributed by atoms with Crippen LogP contribution >= 0.6 is 0 Å². The third-order valence-corrected chi connectivity index (χ3v) is 6.76. The van der Waals surface area contributed by atoms with E-state index in [1.165, 1.54) is 11.1 Å². The van der Waals surface area contributed by atoms with Crippen molar-refractivity contribution >= 4 is 12.0 Å². The van der Waals surface area contributed by atoms with Gasteiger partial charge in [-0.25, -0.2) is 4.79 Å². The first-order chi connectivity index (χ1) is 18.8. The fourth-order valence-electron chi connectivity index (χ4n) is 4.69. The maximum atomic E-state index is 12.8. The maximum Gasteiger partial charge on any atom is 0.407 e. The second kappa shape index (κ2) is 12.8. The number of nitrogens with zero attached hydrogens (tertiary/aromatic N) is 2. The minimum atomic E-state index is -2.59. The Labute approximate surface area is 226 Å². The summed E-state index contributed by atoms with van der Waals surface area (Å²) in [6, 6.07) is 14.2. The number of hydrogen-bond donors (Lipinski definition) is 5. The summed E-state index contributed by atoms with van der Waals surface area (Å²) in [5.74, 6) is -2.96. The first kappa shape index (κ1) is 28.2. The van der Waals surface area contributed by atoms with Crippen molar-refractivity contribution in [3.8, 4) is 0 Å². The molecule has 39 heavy (non-hydrogen) atoms. The molecule has 0 saturated heterocycles. The molecule has 0 spiro atoms. The average molecular weight is 538 g/mol. The summed E-state index contributed by atoms with van der Waals surface area (Å²) in [7, 11) is 0. The molecule has 2 aromatic carbocycles. The van der Waals surface area contributed by atoms with Gasteiger partial charge in [-0.1, -0.05) is 41.6 Å². The number of nitrogens with one attached hydrogen (secondary N) is 2. The van der Waals surface area contributed by atoms with Gasteiger partial charge in [0.15, 0.2) is 0 Å². The number of rotatable bonds is 12. The number of carbonyl (C=O) groups excluding carboxylic acids is 2. The molecular weight excluding hydrogens is 502 g/mol. The molecule has 1 aromatic heterocycles. The minimum Gasteiger partial charge on any atom is -0.450 e. The van der Waals surface area contributed by atoms with Crippen molar-refractivity contribution in [2.45, 2.75) is 63.3 Å². The van der Waals surface area contributed by atoms with Crippen molar-refractivity contribution in [2.24, 2.45) is 5.73 Å². The number of hydrogen-bond acceptors (Lipinski definition) is 9. The molecule has 6 N–H and O–H groups in total. The predicted octanol–water partition coefficient (Wildman–Crippen LogP) is 1.94. The van der Waals surface area contributed by atoms with Gasteiger partial charge in [-0.15, -0.1) is 0 Å². The van der Waals surface area contributed by atoms with Crippen LogP contribution in [0.2, 0.25) is 0 Å². The topological polar surface area (TPSA) is 173 Å². The summed E-state index contributed by atoms with van der Waals surface area (Å²) in [6.45, 7) is 2.21. The fourth-order valence-corrected chi connectivity index (χ4v) is 4.69. The summed E-state index contributed by atoms with van der Waals surface area (Å²) in [6.07, 6.45) is 2.45. The zero-order chi connectivity index (χ0) is 27.8. The van der Waals surface area contributed by atoms with E-state index in [9.17, 15) is 19.8 Å². The summed E-state index contributed by atoms with van der Waals surface area (Å²) in [4.78, 5) is 28.9. The van der Waals surface area contributed by atoms with E-state index in [1.54, 1.807) is 31.2 Å². The van der Waals surface area contributed by atoms with Gasteiger partial charge in [0.05, 0.1) is 19.1 Å². The van der Waals surface area contributed by atoms with Crippen molar-refractivity contribution in [3.05, 3.63) is 82.5 Å². The van der Waals surface area contributed by atoms with E-state index in [4.69, 9.17) is 15.0 Å². The lowest BCUT2D eigenvalue weighted by Crippen LogP contribution is -2.51. The van der Waals surface area contributed by atoms with Crippen LogP contribution in [0, 0.1) is 0 Å². The van der Waals surface area contributed by atoms with E-state index in [0.717, 1.165) is 18.4 Å². The lowest BCUT2D eigenvalue weighted by atomic mass is 10.00. The first-order valence-corrected chi connectivity index (χ1v) is 13.2. The van der Waals surface area contributed by atoms with Gasteiger partial charge < -0.3 is 35.8 Å². The number of aromatic nitrogens is 2. The van der Waals surface area contributed by atoms with Crippen LogP contribution in [0.3, 0.4) is 0 Å². The van der Waals surface area contributed by atoms with Gasteiger partial charge in [-0.2, -0.15) is 4.98 Å². The van der Waals surface area contributed by atoms with Crippen LogP contribution in [0.4, 0.5) is 4.79 Å². The van der Waals surface area contributed by atoms with Crippen LogP contribution in [0.5, 0.6) is 0 Å². The van der Waals surface area contributed by atoms with Crippen molar-refractivity contribution in [1.29, 1.82) is 0 Å². The van der Waals surface area contributed by atoms with Gasteiger partial charge in [0.2, 0.25) is 17.5 Å². The van der Waals surface area contributed by atoms with Gasteiger partial charge in [0.25, 0.3) is 5.91 Å². The van der Waals surface area contributed by atoms with Crippen molar-refractivity contribution in [2.75, 3.05) is 13.2 Å². The van der Waals surface area contributed by atoms with E-state index in [0.29, 0.717) is 24.9 Å². The van der Waals surface area contributed by atoms with E-state index in [1.807, 2.05) is 12.1 Å². The van der Waals surface area contributed by atoms with Gasteiger partial charge in [-0.3, -0.25) is 4.79 Å². The zero-order valence-electron chi connectivity index (χ0n) is 21.9. The Bertz CT molecular complexity index is 1230. The van der Waals surface area contributed by atoms with Gasteiger partial charge >= 0.3 is 6.09 Å². The van der Waals surface area contributed by atoms with Crippen LogP contribution in [-0.4, -0.2) is 57.6 Å². The van der Waals surface area contributed by atoms with Gasteiger partial charge in [0.1, 0.15) is 0 Å². The van der Waals surface area contributed by atoms with Gasteiger partial charge in [0, 0.05) is 11.6 Å². The Morgan fingerprint density at radius 1 is 1.13 bits per heavy atom. The highest BCUT2D eigenvalue weighted by atomic mass is 16.6. The molecular formula is C28H35N5O6. The molecule has 208 valence electrons. The average Bonchev–Trinajstić information content (AvgIpc) is 3.56. The van der Waals surface area contributed by atoms with Crippen LogP contribution < -0.4 is 16.4 Å². The fraction of sp³-hybridized carbons (Fsp3) is 0.429. The molecule has 11 heteroatoms. The van der Waals surface area contributed by atoms with E-state index in [-0.39, 0.29) is 43.1 Å². The molecule has 2 amide bonds. The van der Waals surface area contributed by atoms with E-state index in [2.05, 4.69) is 32.9 Å². The number of unbranched alkanes of at least 4 members (excludes halogenated alkanes) is 1. The van der Waals surface area contributed by atoms with E-state index >= 15 is 0 Å². The highest BCUT2D eigenvalue weighted by Gasteiger charge is 2.42. The molecule has 0 fully saturated rings. The summed E-state index contributed by atoms with van der Waals surface area (Å²) in [5.41, 5.74) is 9.41. The Hall–Kier alpha value is -3.80. The predicted molar refractivity (Wildman–Crippen MR) is 142 cm³/mol. The Morgan fingerprint density at radius 3 is 2.46 bits per heavy atom. The highest BCUT2D eigenvalue weighted by Crippen LogP contribution is 2.25. The third kappa shape index (κ3) is 7.20. The van der Waals surface area contributed by atoms with Crippen LogP contribution in [-0.2, 0) is 29.8 Å². The van der Waals surface area contributed by atoms with Crippen molar-refractivity contribution in [1.82, 2.24) is 20.8 Å². The number of aliphatic hydroxyl groups is 2. The molecule has 0 bridgehead atoms. The lowest BCUT2D eigenvalue weighted by Gasteiger charge is -2.29. The summed E-state index contributed by atoms with van der Waals surface area (Å²) < 4.78 is 10.1. The monoisotopic (exact) mass is 537 g/mol. The van der Waals surface area contributed by atoms with Crippen molar-refractivity contribution in [3.63, 3.8) is 0 Å². The normalized spacial score (nSPS) is 14.1. The summed E-state index contributed by atoms with van der Waals surface area (Å²) in [5, 5.41) is 31.0. The van der Waals surface area contributed by atoms with E-state index < -0.39 is 17.9 Å². The number of ether oxygens (including phenoxy) is 1. The third-order valence-electron chi connectivity index (χ3n) is 6.76. The molecule has 4 rings (SSSR count). The number of nitrogens with two attached hydrogens (primary N) is 1. The van der Waals surface area contributed by atoms with Crippen LogP contribution in [0.1, 0.15) is 64.9 Å². The smallest absolute Gasteiger partial charge is 0.407 e. The largest absolute Gasteiger partial charge is 0.450 e. The number of fused-ring (bicyclic) bond motifs is 1. The second-order valence-electron chi connectivity index (χ2n) is 9.66. The number of benzene rings is 2. The molecule has 1 atom stereocenters. The zero-order valence-corrected chi connectivity index (χ0v) is 21.9. The molecule has 11 nitrogen and oxygen atoms in total. The van der Waals surface area contributed by atoms with Crippen LogP contribution in [0.15, 0.2) is 53.1 Å².